The number of hydrogen-bond acceptors (Lipinski definition) is 8. The smallest absolute Gasteiger partial charge is 0.343 e. The average molecular weight is 362 g/mol. The first-order valence-electron chi connectivity index (χ1n) is 8.05. The number of carbonyl (C=O) groups excluding carboxylic acids is 2. The number of fused-ring (bicyclic) bond motifs is 2. The van der Waals surface area contributed by atoms with Crippen molar-refractivity contribution < 1.29 is 33.0 Å². The monoisotopic (exact) mass is 362 g/mol. The van der Waals surface area contributed by atoms with E-state index >= 15 is 0 Å². The Morgan fingerprint density at radius 2 is 1.73 bits per heavy atom. The quantitative estimate of drug-likeness (QED) is 0.711. The minimum Gasteiger partial charge on any atom is -0.482 e. The highest BCUT2D eigenvalue weighted by Crippen LogP contribution is 2.33. The van der Waals surface area contributed by atoms with E-state index in [-0.39, 0.29) is 41.1 Å². The van der Waals surface area contributed by atoms with Crippen LogP contribution in [0.3, 0.4) is 0 Å². The van der Waals surface area contributed by atoms with Gasteiger partial charge in [0.1, 0.15) is 11.5 Å². The molecule has 0 unspecified atom stereocenters. The van der Waals surface area contributed by atoms with Crippen molar-refractivity contribution in [1.82, 2.24) is 0 Å². The molecule has 0 fully saturated rings. The fourth-order valence-electron chi connectivity index (χ4n) is 2.79. The number of esters is 2. The van der Waals surface area contributed by atoms with Gasteiger partial charge >= 0.3 is 11.9 Å². The van der Waals surface area contributed by atoms with Gasteiger partial charge in [0.2, 0.25) is 0 Å². The van der Waals surface area contributed by atoms with E-state index in [9.17, 15) is 14.4 Å². The van der Waals surface area contributed by atoms with Gasteiger partial charge in [-0.15, -0.1) is 0 Å². The predicted molar refractivity (Wildman–Crippen MR) is 89.5 cm³/mol. The van der Waals surface area contributed by atoms with E-state index in [1.54, 1.807) is 0 Å². The lowest BCUT2D eigenvalue weighted by Crippen LogP contribution is -2.15. The van der Waals surface area contributed by atoms with Gasteiger partial charge in [0, 0.05) is 18.1 Å². The minimum atomic E-state index is -0.581. The number of aryl methyl sites for hydroxylation is 1. The Kier molecular flexibility index (Phi) is 5.11. The van der Waals surface area contributed by atoms with Crippen LogP contribution < -0.4 is 14.9 Å². The molecule has 0 radical (unpaired) electrons. The number of benzene rings is 1. The normalized spacial score (nSPS) is 12.5. The molecule has 0 N–H and O–H groups in total. The summed E-state index contributed by atoms with van der Waals surface area (Å²) in [6.07, 6.45) is 2.17. The number of hydrogen-bond donors (Lipinski definition) is 0. The van der Waals surface area contributed by atoms with E-state index in [4.69, 9.17) is 13.9 Å². The molecular weight excluding hydrogens is 344 g/mol. The summed E-state index contributed by atoms with van der Waals surface area (Å²) in [7, 11) is 2.49. The zero-order valence-corrected chi connectivity index (χ0v) is 14.5. The second kappa shape index (κ2) is 7.47. The van der Waals surface area contributed by atoms with Gasteiger partial charge < -0.3 is 23.4 Å². The van der Waals surface area contributed by atoms with Crippen LogP contribution in [0.2, 0.25) is 0 Å². The molecule has 0 saturated heterocycles. The molecule has 0 spiro atoms. The van der Waals surface area contributed by atoms with Crippen molar-refractivity contribution in [2.75, 3.05) is 27.4 Å². The van der Waals surface area contributed by atoms with Crippen molar-refractivity contribution in [3.05, 3.63) is 33.7 Å². The van der Waals surface area contributed by atoms with Crippen molar-refractivity contribution in [1.29, 1.82) is 0 Å². The number of carbonyl (C=O) groups is 2. The summed E-state index contributed by atoms with van der Waals surface area (Å²) in [6.45, 7) is -0.679. The number of methoxy groups -OCH3 is 2. The standard InChI is InChI=1S/C18H18O8/c1-22-15(19)8-24-10-6-12-17(21)11-4-3-5-13(11)26-18(12)14(7-10)25-9-16(20)23-2/h6-7H,3-5,8-9H2,1-2H3. The molecule has 1 aliphatic carbocycles. The van der Waals surface area contributed by atoms with Gasteiger partial charge in [-0.3, -0.25) is 4.79 Å². The fourth-order valence-corrected chi connectivity index (χ4v) is 2.79. The molecule has 3 rings (SSSR count). The molecule has 0 bridgehead atoms. The van der Waals surface area contributed by atoms with Gasteiger partial charge in [-0.2, -0.15) is 0 Å². The highest BCUT2D eigenvalue weighted by molar-refractivity contribution is 5.85. The van der Waals surface area contributed by atoms with Crippen LogP contribution in [0.15, 0.2) is 21.3 Å². The molecule has 8 heteroatoms. The minimum absolute atomic E-state index is 0.162. The maximum atomic E-state index is 12.8. The summed E-state index contributed by atoms with van der Waals surface area (Å²) >= 11 is 0. The van der Waals surface area contributed by atoms with Crippen molar-refractivity contribution in [3.63, 3.8) is 0 Å². The molecule has 0 amide bonds. The maximum absolute atomic E-state index is 12.8. The largest absolute Gasteiger partial charge is 0.482 e. The molecule has 138 valence electrons. The zero-order chi connectivity index (χ0) is 18.7. The third kappa shape index (κ3) is 3.49. The van der Waals surface area contributed by atoms with Gasteiger partial charge in [-0.25, -0.2) is 9.59 Å². The second-order valence-corrected chi connectivity index (χ2v) is 5.71. The lowest BCUT2D eigenvalue weighted by atomic mass is 10.1. The molecule has 1 aliphatic rings. The lowest BCUT2D eigenvalue weighted by molar-refractivity contribution is -0.143. The molecule has 8 nitrogen and oxygen atoms in total. The summed E-state index contributed by atoms with van der Waals surface area (Å²) in [6, 6.07) is 2.95. The first kappa shape index (κ1) is 17.8. The topological polar surface area (TPSA) is 101 Å². The Labute approximate surface area is 148 Å². The van der Waals surface area contributed by atoms with Crippen LogP contribution in [0.1, 0.15) is 17.7 Å². The molecule has 0 atom stereocenters. The van der Waals surface area contributed by atoms with Crippen LogP contribution >= 0.6 is 0 Å². The molecule has 0 aliphatic heterocycles. The Hall–Kier alpha value is -3.03. The molecule has 2 aromatic rings. The van der Waals surface area contributed by atoms with Crippen molar-refractivity contribution >= 4 is 22.9 Å². The highest BCUT2D eigenvalue weighted by Gasteiger charge is 2.22. The second-order valence-electron chi connectivity index (χ2n) is 5.71. The SMILES string of the molecule is COC(=O)COc1cc(OCC(=O)OC)c2oc3c(c(=O)c2c1)CCC3. The zero-order valence-electron chi connectivity index (χ0n) is 14.5. The van der Waals surface area contributed by atoms with Gasteiger partial charge in [-0.1, -0.05) is 0 Å². The van der Waals surface area contributed by atoms with Crippen LogP contribution in [0.25, 0.3) is 11.0 Å². The van der Waals surface area contributed by atoms with Crippen LogP contribution in [0.5, 0.6) is 11.5 Å². The lowest BCUT2D eigenvalue weighted by Gasteiger charge is -2.12. The Morgan fingerprint density at radius 3 is 2.42 bits per heavy atom. The van der Waals surface area contributed by atoms with Gasteiger partial charge in [0.15, 0.2) is 30.0 Å². The van der Waals surface area contributed by atoms with Crippen LogP contribution in [0, 0.1) is 0 Å². The highest BCUT2D eigenvalue weighted by atomic mass is 16.6. The van der Waals surface area contributed by atoms with E-state index in [1.165, 1.54) is 26.4 Å². The van der Waals surface area contributed by atoms with Crippen LogP contribution in [0.4, 0.5) is 0 Å². The molecule has 1 aromatic carbocycles. The van der Waals surface area contributed by atoms with Crippen LogP contribution in [-0.2, 0) is 31.9 Å². The molecule has 1 heterocycles. The van der Waals surface area contributed by atoms with Crippen molar-refractivity contribution in [2.24, 2.45) is 0 Å². The summed E-state index contributed by atoms with van der Waals surface area (Å²) in [5, 5.41) is 0.271. The number of rotatable bonds is 6. The maximum Gasteiger partial charge on any atom is 0.343 e. The fraction of sp³-hybridized carbons (Fsp3) is 0.389. The Bertz CT molecular complexity index is 912. The van der Waals surface area contributed by atoms with E-state index in [0.717, 1.165) is 6.42 Å². The molecule has 1 aromatic heterocycles. The first-order chi connectivity index (χ1) is 12.5. The Morgan fingerprint density at radius 1 is 1.04 bits per heavy atom. The predicted octanol–water partition coefficient (Wildman–Crippen LogP) is 1.39. The van der Waals surface area contributed by atoms with E-state index in [0.29, 0.717) is 24.2 Å². The van der Waals surface area contributed by atoms with Crippen molar-refractivity contribution in [2.45, 2.75) is 19.3 Å². The summed E-state index contributed by atoms with van der Waals surface area (Å²) in [4.78, 5) is 35.4. The third-order valence-corrected chi connectivity index (χ3v) is 4.10. The van der Waals surface area contributed by atoms with E-state index in [2.05, 4.69) is 9.47 Å². The van der Waals surface area contributed by atoms with E-state index < -0.39 is 11.9 Å². The van der Waals surface area contributed by atoms with Crippen LogP contribution in [-0.4, -0.2) is 39.4 Å². The molecular formula is C18H18O8. The van der Waals surface area contributed by atoms with Gasteiger partial charge in [0.25, 0.3) is 0 Å². The molecule has 26 heavy (non-hydrogen) atoms. The number of ether oxygens (including phenoxy) is 4. The first-order valence-corrected chi connectivity index (χ1v) is 8.05. The van der Waals surface area contributed by atoms with Crippen molar-refractivity contribution in [3.8, 4) is 11.5 Å². The Balaban J connectivity index is 2.05. The van der Waals surface area contributed by atoms with Gasteiger partial charge in [0.05, 0.1) is 19.6 Å². The summed E-state index contributed by atoms with van der Waals surface area (Å²) < 4.78 is 25.8. The molecule has 0 saturated carbocycles. The van der Waals surface area contributed by atoms with Gasteiger partial charge in [-0.05, 0) is 18.9 Å². The summed E-state index contributed by atoms with van der Waals surface area (Å²) in [5.74, 6) is -0.119. The average Bonchev–Trinajstić information content (AvgIpc) is 3.13. The van der Waals surface area contributed by atoms with E-state index in [1.807, 2.05) is 0 Å². The summed E-state index contributed by atoms with van der Waals surface area (Å²) in [5.41, 5.74) is 0.719. The third-order valence-electron chi connectivity index (χ3n) is 4.10.